The van der Waals surface area contributed by atoms with Crippen LogP contribution in [-0.2, 0) is 13.0 Å². The minimum absolute atomic E-state index is 0.0579. The molecule has 0 aliphatic carbocycles. The topological polar surface area (TPSA) is 76.7 Å². The van der Waals surface area contributed by atoms with Gasteiger partial charge in [-0.1, -0.05) is 0 Å². The first-order valence-corrected chi connectivity index (χ1v) is 8.68. The van der Waals surface area contributed by atoms with Gasteiger partial charge in [-0.15, -0.1) is 11.3 Å². The highest BCUT2D eigenvalue weighted by Crippen LogP contribution is 2.35. The Morgan fingerprint density at radius 2 is 2.21 bits per heavy atom. The molecule has 24 heavy (non-hydrogen) atoms. The smallest absolute Gasteiger partial charge is 0.224 e. The van der Waals surface area contributed by atoms with Crippen LogP contribution in [0.2, 0.25) is 5.28 Å². The Morgan fingerprint density at radius 1 is 1.42 bits per heavy atom. The zero-order valence-corrected chi connectivity index (χ0v) is 14.9. The Balaban J connectivity index is 1.96. The highest BCUT2D eigenvalue weighted by Gasteiger charge is 2.16. The standard InChI is InChI=1S/C16H17ClFN5S/c1-8(19)5-12-9(2)13-14(24-12)15(23-16(17)22-13)21-6-10-3-4-20-7-11(10)18/h3-4,7-8H,5-6,19H2,1-2H3,(H,21,22,23)/t8-/m0/s1. The zero-order chi connectivity index (χ0) is 17.3. The van der Waals surface area contributed by atoms with E-state index in [0.29, 0.717) is 11.4 Å². The Morgan fingerprint density at radius 3 is 2.92 bits per heavy atom. The van der Waals surface area contributed by atoms with E-state index in [0.717, 1.165) is 27.1 Å². The number of anilines is 1. The third-order valence-corrected chi connectivity index (χ3v) is 5.13. The number of thiophene rings is 1. The predicted octanol–water partition coefficient (Wildman–Crippen LogP) is 3.69. The van der Waals surface area contributed by atoms with Crippen LogP contribution in [0.3, 0.4) is 0 Å². The van der Waals surface area contributed by atoms with E-state index >= 15 is 0 Å². The van der Waals surface area contributed by atoms with Crippen molar-refractivity contribution < 1.29 is 4.39 Å². The highest BCUT2D eigenvalue weighted by atomic mass is 35.5. The van der Waals surface area contributed by atoms with E-state index in [4.69, 9.17) is 17.3 Å². The van der Waals surface area contributed by atoms with E-state index in [9.17, 15) is 4.39 Å². The number of hydrogen-bond donors (Lipinski definition) is 2. The third kappa shape index (κ3) is 3.48. The lowest BCUT2D eigenvalue weighted by molar-refractivity contribution is 0.606. The summed E-state index contributed by atoms with van der Waals surface area (Å²) in [6, 6.07) is 1.69. The van der Waals surface area contributed by atoms with Crippen LogP contribution in [0, 0.1) is 12.7 Å². The van der Waals surface area contributed by atoms with Crippen LogP contribution in [0.25, 0.3) is 10.2 Å². The number of pyridine rings is 1. The summed E-state index contributed by atoms with van der Waals surface area (Å²) >= 11 is 7.65. The van der Waals surface area contributed by atoms with Crippen LogP contribution in [0.4, 0.5) is 10.2 Å². The fraction of sp³-hybridized carbons (Fsp3) is 0.312. The summed E-state index contributed by atoms with van der Waals surface area (Å²) in [6.07, 6.45) is 3.51. The van der Waals surface area contributed by atoms with Crippen LogP contribution in [0.15, 0.2) is 18.5 Å². The van der Waals surface area contributed by atoms with Gasteiger partial charge >= 0.3 is 0 Å². The summed E-state index contributed by atoms with van der Waals surface area (Å²) in [5, 5.41) is 3.32. The number of fused-ring (bicyclic) bond motifs is 1. The fourth-order valence-corrected chi connectivity index (χ4v) is 3.96. The molecule has 126 valence electrons. The highest BCUT2D eigenvalue weighted by molar-refractivity contribution is 7.19. The van der Waals surface area contributed by atoms with Crippen molar-refractivity contribution in [2.75, 3.05) is 5.32 Å². The van der Waals surface area contributed by atoms with Gasteiger partial charge in [0.15, 0.2) is 0 Å². The summed E-state index contributed by atoms with van der Waals surface area (Å²) < 4.78 is 14.6. The summed E-state index contributed by atoms with van der Waals surface area (Å²) in [4.78, 5) is 13.5. The van der Waals surface area contributed by atoms with Gasteiger partial charge in [-0.3, -0.25) is 4.98 Å². The first-order valence-electron chi connectivity index (χ1n) is 7.49. The second-order valence-electron chi connectivity index (χ2n) is 5.67. The second-order valence-corrected chi connectivity index (χ2v) is 7.11. The number of hydrogen-bond acceptors (Lipinski definition) is 6. The van der Waals surface area contributed by atoms with Gasteiger partial charge in [-0.05, 0) is 43.5 Å². The lowest BCUT2D eigenvalue weighted by Crippen LogP contribution is -2.17. The molecule has 0 unspecified atom stereocenters. The molecule has 1 atom stereocenters. The molecule has 3 N–H and O–H groups in total. The lowest BCUT2D eigenvalue weighted by Gasteiger charge is -2.07. The van der Waals surface area contributed by atoms with Gasteiger partial charge in [-0.25, -0.2) is 9.37 Å². The maximum atomic E-state index is 13.7. The maximum Gasteiger partial charge on any atom is 0.224 e. The molecule has 0 fully saturated rings. The molecule has 3 rings (SSSR count). The average Bonchev–Trinajstić information content (AvgIpc) is 2.82. The van der Waals surface area contributed by atoms with Crippen LogP contribution < -0.4 is 11.1 Å². The maximum absolute atomic E-state index is 13.7. The van der Waals surface area contributed by atoms with E-state index in [1.807, 2.05) is 13.8 Å². The summed E-state index contributed by atoms with van der Waals surface area (Å²) in [6.45, 7) is 4.26. The normalized spacial score (nSPS) is 12.5. The molecule has 3 aromatic rings. The minimum Gasteiger partial charge on any atom is -0.365 e. The Hall–Kier alpha value is -1.83. The molecule has 0 radical (unpaired) electrons. The third-order valence-electron chi connectivity index (χ3n) is 3.65. The number of aryl methyl sites for hydroxylation is 1. The van der Waals surface area contributed by atoms with Crippen LogP contribution in [0.1, 0.15) is 22.9 Å². The zero-order valence-electron chi connectivity index (χ0n) is 13.3. The number of rotatable bonds is 5. The van der Waals surface area contributed by atoms with Crippen molar-refractivity contribution in [3.63, 3.8) is 0 Å². The van der Waals surface area contributed by atoms with Gasteiger partial charge < -0.3 is 11.1 Å². The van der Waals surface area contributed by atoms with Crippen LogP contribution >= 0.6 is 22.9 Å². The van der Waals surface area contributed by atoms with Crippen molar-refractivity contribution in [1.82, 2.24) is 15.0 Å². The van der Waals surface area contributed by atoms with E-state index in [1.165, 1.54) is 6.20 Å². The molecule has 0 aromatic carbocycles. The fourth-order valence-electron chi connectivity index (χ4n) is 2.44. The largest absolute Gasteiger partial charge is 0.365 e. The Bertz CT molecular complexity index is 880. The van der Waals surface area contributed by atoms with Crippen molar-refractivity contribution in [1.29, 1.82) is 0 Å². The molecule has 0 saturated carbocycles. The molecule has 0 bridgehead atoms. The Labute approximate surface area is 148 Å². The van der Waals surface area contributed by atoms with Crippen LogP contribution in [-0.4, -0.2) is 21.0 Å². The monoisotopic (exact) mass is 365 g/mol. The summed E-state index contributed by atoms with van der Waals surface area (Å²) in [5.74, 6) is 0.242. The van der Waals surface area contributed by atoms with Crippen molar-refractivity contribution in [3.05, 3.63) is 45.6 Å². The molecule has 3 heterocycles. The van der Waals surface area contributed by atoms with Crippen LogP contribution in [0.5, 0.6) is 0 Å². The molecule has 0 amide bonds. The van der Waals surface area contributed by atoms with E-state index < -0.39 is 0 Å². The molecule has 0 aliphatic heterocycles. The molecule has 8 heteroatoms. The SMILES string of the molecule is Cc1c(C[C@H](C)N)sc2c(NCc3ccncc3F)nc(Cl)nc12. The van der Waals surface area contributed by atoms with Gasteiger partial charge in [0, 0.05) is 29.2 Å². The van der Waals surface area contributed by atoms with Gasteiger partial charge in [0.05, 0.1) is 16.4 Å². The number of halogens is 2. The number of nitrogens with one attached hydrogen (secondary N) is 1. The minimum atomic E-state index is -0.360. The van der Waals surface area contributed by atoms with Crippen molar-refractivity contribution in [2.24, 2.45) is 5.73 Å². The molecule has 3 aromatic heterocycles. The van der Waals surface area contributed by atoms with E-state index in [2.05, 4.69) is 20.3 Å². The van der Waals surface area contributed by atoms with Gasteiger partial charge in [-0.2, -0.15) is 4.98 Å². The van der Waals surface area contributed by atoms with Gasteiger partial charge in [0.25, 0.3) is 0 Å². The quantitative estimate of drug-likeness (QED) is 0.674. The van der Waals surface area contributed by atoms with Crippen molar-refractivity contribution >= 4 is 39.0 Å². The molecule has 5 nitrogen and oxygen atoms in total. The van der Waals surface area contributed by atoms with Crippen molar-refractivity contribution in [3.8, 4) is 0 Å². The lowest BCUT2D eigenvalue weighted by atomic mass is 10.1. The molecular formula is C16H17ClFN5S. The van der Waals surface area contributed by atoms with Gasteiger partial charge in [0.1, 0.15) is 11.6 Å². The second kappa shape index (κ2) is 6.96. The first kappa shape index (κ1) is 17.0. The Kier molecular flexibility index (Phi) is 4.93. The van der Waals surface area contributed by atoms with E-state index in [1.54, 1.807) is 23.6 Å². The summed E-state index contributed by atoms with van der Waals surface area (Å²) in [7, 11) is 0. The molecule has 0 saturated heterocycles. The van der Waals surface area contributed by atoms with Crippen molar-refractivity contribution in [2.45, 2.75) is 32.9 Å². The molecule has 0 spiro atoms. The predicted molar refractivity (Wildman–Crippen MR) is 96.0 cm³/mol. The number of aromatic nitrogens is 3. The first-order chi connectivity index (χ1) is 11.5. The number of nitrogens with zero attached hydrogens (tertiary/aromatic N) is 3. The van der Waals surface area contributed by atoms with Gasteiger partial charge in [0.2, 0.25) is 5.28 Å². The average molecular weight is 366 g/mol. The summed E-state index contributed by atoms with van der Waals surface area (Å²) in [5.41, 5.74) is 8.30. The number of nitrogens with two attached hydrogens (primary N) is 1. The molecular weight excluding hydrogens is 349 g/mol. The van der Waals surface area contributed by atoms with E-state index in [-0.39, 0.29) is 23.7 Å². The molecule has 0 aliphatic rings.